The highest BCUT2D eigenvalue weighted by Crippen LogP contribution is 2.33. The molecule has 2 heterocycles. The number of aliphatic imine (C=N–C) groups is 1. The quantitative estimate of drug-likeness (QED) is 0.347. The molecular weight excluding hydrogens is 470 g/mol. The smallest absolute Gasteiger partial charge is 0.243 e. The molecule has 6 nitrogen and oxygen atoms in total. The molecule has 8 heteroatoms. The molecule has 34 heavy (non-hydrogen) atoms. The minimum absolute atomic E-state index is 0.0324. The van der Waals surface area contributed by atoms with Gasteiger partial charge >= 0.3 is 0 Å². The molecule has 1 atom stereocenters. The van der Waals surface area contributed by atoms with Crippen molar-refractivity contribution in [3.05, 3.63) is 95.9 Å². The molecule has 0 spiro atoms. The van der Waals surface area contributed by atoms with E-state index in [0.717, 1.165) is 10.8 Å². The molecule has 1 aromatic heterocycles. The Kier molecular flexibility index (Phi) is 6.38. The summed E-state index contributed by atoms with van der Waals surface area (Å²) in [5.74, 6) is 0.230. The van der Waals surface area contributed by atoms with Gasteiger partial charge in [0, 0.05) is 17.1 Å². The third-order valence-corrected chi connectivity index (χ3v) is 6.80. The highest BCUT2D eigenvalue weighted by atomic mass is 35.5. The number of hydrogen-bond acceptors (Lipinski definition) is 5. The van der Waals surface area contributed by atoms with E-state index < -0.39 is 5.25 Å². The minimum atomic E-state index is -0.582. The van der Waals surface area contributed by atoms with Crippen molar-refractivity contribution in [2.75, 3.05) is 5.32 Å². The predicted octanol–water partition coefficient (Wildman–Crippen LogP) is 6.25. The fraction of sp³-hybridized carbons (Fsp3) is 0.115. The number of furan rings is 1. The van der Waals surface area contributed by atoms with Crippen LogP contribution in [0.25, 0.3) is 10.8 Å². The molecular formula is C26H20ClN3O3S. The average Bonchev–Trinajstić information content (AvgIpc) is 3.45. The van der Waals surface area contributed by atoms with Crippen LogP contribution < -0.4 is 5.32 Å². The summed E-state index contributed by atoms with van der Waals surface area (Å²) in [6, 6.07) is 24.3. The van der Waals surface area contributed by atoms with Crippen LogP contribution in [0.1, 0.15) is 12.2 Å². The van der Waals surface area contributed by atoms with Crippen molar-refractivity contribution in [3.63, 3.8) is 0 Å². The number of anilines is 1. The van der Waals surface area contributed by atoms with Gasteiger partial charge in [-0.2, -0.15) is 0 Å². The van der Waals surface area contributed by atoms with Crippen LogP contribution in [0.4, 0.5) is 11.4 Å². The number of thioether (sulfide) groups is 1. The summed E-state index contributed by atoms with van der Waals surface area (Å²) in [6.07, 6.45) is 1.60. The maximum atomic E-state index is 13.2. The lowest BCUT2D eigenvalue weighted by Gasteiger charge is -2.15. The number of fused-ring (bicyclic) bond motifs is 1. The van der Waals surface area contributed by atoms with E-state index in [0.29, 0.717) is 27.3 Å². The summed E-state index contributed by atoms with van der Waals surface area (Å²) >= 11 is 7.26. The summed E-state index contributed by atoms with van der Waals surface area (Å²) in [7, 11) is 0. The Labute approximate surface area is 205 Å². The number of amides is 2. The SMILES string of the molecule is O=C(C[C@@H]1SC(=Nc2ccc(Cl)cc2)N(Cc2ccco2)C1=O)Nc1ccc2ccccc2c1. The van der Waals surface area contributed by atoms with Crippen LogP contribution >= 0.6 is 23.4 Å². The number of nitrogens with one attached hydrogen (secondary N) is 1. The zero-order valence-corrected chi connectivity index (χ0v) is 19.6. The van der Waals surface area contributed by atoms with Crippen LogP contribution in [0.5, 0.6) is 0 Å². The fourth-order valence-corrected chi connectivity index (χ4v) is 4.99. The van der Waals surface area contributed by atoms with Gasteiger partial charge in [-0.25, -0.2) is 4.99 Å². The molecule has 4 aromatic rings. The van der Waals surface area contributed by atoms with Crippen LogP contribution in [-0.4, -0.2) is 27.1 Å². The van der Waals surface area contributed by atoms with Crippen LogP contribution in [0.2, 0.25) is 5.02 Å². The van der Waals surface area contributed by atoms with Crippen molar-refractivity contribution >= 4 is 62.5 Å². The van der Waals surface area contributed by atoms with E-state index in [2.05, 4.69) is 10.3 Å². The second kappa shape index (κ2) is 9.75. The molecule has 1 fully saturated rings. The third-order valence-electron chi connectivity index (χ3n) is 5.37. The average molecular weight is 490 g/mol. The third kappa shape index (κ3) is 5.00. The van der Waals surface area contributed by atoms with Gasteiger partial charge in [-0.1, -0.05) is 53.7 Å². The number of amidine groups is 1. The molecule has 170 valence electrons. The maximum absolute atomic E-state index is 13.2. The molecule has 2 amide bonds. The normalized spacial score (nSPS) is 17.0. The Morgan fingerprint density at radius 2 is 1.82 bits per heavy atom. The summed E-state index contributed by atoms with van der Waals surface area (Å²) in [4.78, 5) is 32.2. The Hall–Kier alpha value is -3.55. The Morgan fingerprint density at radius 3 is 2.59 bits per heavy atom. The van der Waals surface area contributed by atoms with Gasteiger partial charge in [0.05, 0.1) is 18.5 Å². The second-order valence-corrected chi connectivity index (χ2v) is 9.40. The van der Waals surface area contributed by atoms with Crippen molar-refractivity contribution in [2.45, 2.75) is 18.2 Å². The van der Waals surface area contributed by atoms with Crippen LogP contribution in [0, 0.1) is 0 Å². The molecule has 1 aliphatic rings. The van der Waals surface area contributed by atoms with Crippen LogP contribution in [-0.2, 0) is 16.1 Å². The Bertz CT molecular complexity index is 1370. The molecule has 0 radical (unpaired) electrons. The molecule has 0 unspecified atom stereocenters. The molecule has 1 aliphatic heterocycles. The van der Waals surface area contributed by atoms with E-state index in [4.69, 9.17) is 16.0 Å². The lowest BCUT2D eigenvalue weighted by atomic mass is 10.1. The first kappa shape index (κ1) is 22.3. The lowest BCUT2D eigenvalue weighted by Crippen LogP contribution is -2.33. The van der Waals surface area contributed by atoms with Crippen molar-refractivity contribution in [2.24, 2.45) is 4.99 Å². The lowest BCUT2D eigenvalue weighted by molar-refractivity contribution is -0.128. The standard InChI is InChI=1S/C26H20ClN3O3S/c27-19-8-11-20(12-9-19)29-26-30(16-22-6-3-13-33-22)25(32)23(34-26)15-24(31)28-21-10-7-17-4-1-2-5-18(17)14-21/h1-14,23H,15-16H2,(H,28,31)/t23-/m0/s1. The summed E-state index contributed by atoms with van der Waals surface area (Å²) < 4.78 is 5.43. The monoisotopic (exact) mass is 489 g/mol. The number of carbonyl (C=O) groups excluding carboxylic acids is 2. The molecule has 0 saturated carbocycles. The van der Waals surface area contributed by atoms with E-state index in [-0.39, 0.29) is 24.8 Å². The van der Waals surface area contributed by atoms with Gasteiger partial charge in [-0.05, 0) is 59.3 Å². The van der Waals surface area contributed by atoms with Gasteiger partial charge in [0.1, 0.15) is 11.0 Å². The molecule has 5 rings (SSSR count). The number of rotatable bonds is 6. The van der Waals surface area contributed by atoms with Gasteiger partial charge in [0.15, 0.2) is 5.17 Å². The van der Waals surface area contributed by atoms with Crippen molar-refractivity contribution in [3.8, 4) is 0 Å². The number of nitrogens with zero attached hydrogens (tertiary/aromatic N) is 2. The van der Waals surface area contributed by atoms with Gasteiger partial charge in [0.2, 0.25) is 11.8 Å². The fourth-order valence-electron chi connectivity index (χ4n) is 3.70. The molecule has 0 bridgehead atoms. The molecule has 1 saturated heterocycles. The largest absolute Gasteiger partial charge is 0.467 e. The number of benzene rings is 3. The van der Waals surface area contributed by atoms with E-state index in [1.54, 1.807) is 47.6 Å². The highest BCUT2D eigenvalue weighted by molar-refractivity contribution is 8.15. The first-order valence-corrected chi connectivity index (χ1v) is 11.9. The number of hydrogen-bond donors (Lipinski definition) is 1. The van der Waals surface area contributed by atoms with E-state index >= 15 is 0 Å². The zero-order chi connectivity index (χ0) is 23.5. The van der Waals surface area contributed by atoms with Gasteiger partial charge < -0.3 is 9.73 Å². The first-order chi connectivity index (χ1) is 16.5. The van der Waals surface area contributed by atoms with E-state index in [9.17, 15) is 9.59 Å². The highest BCUT2D eigenvalue weighted by Gasteiger charge is 2.39. The van der Waals surface area contributed by atoms with Crippen molar-refractivity contribution in [1.29, 1.82) is 0 Å². The zero-order valence-electron chi connectivity index (χ0n) is 18.0. The Balaban J connectivity index is 1.33. The van der Waals surface area contributed by atoms with E-state index in [1.165, 1.54) is 11.8 Å². The first-order valence-electron chi connectivity index (χ1n) is 10.7. The number of halogens is 1. The summed E-state index contributed by atoms with van der Waals surface area (Å²) in [5, 5.41) is 5.59. The Morgan fingerprint density at radius 1 is 1.03 bits per heavy atom. The van der Waals surface area contributed by atoms with Crippen LogP contribution in [0.3, 0.4) is 0 Å². The van der Waals surface area contributed by atoms with Gasteiger partial charge in [-0.3, -0.25) is 14.5 Å². The molecule has 1 N–H and O–H groups in total. The summed E-state index contributed by atoms with van der Waals surface area (Å²) in [5.41, 5.74) is 1.37. The van der Waals surface area contributed by atoms with E-state index in [1.807, 2.05) is 42.5 Å². The van der Waals surface area contributed by atoms with Crippen molar-refractivity contribution in [1.82, 2.24) is 4.90 Å². The van der Waals surface area contributed by atoms with Gasteiger partial charge in [-0.15, -0.1) is 0 Å². The topological polar surface area (TPSA) is 74.9 Å². The molecule has 3 aromatic carbocycles. The van der Waals surface area contributed by atoms with Crippen molar-refractivity contribution < 1.29 is 14.0 Å². The number of carbonyl (C=O) groups is 2. The summed E-state index contributed by atoms with van der Waals surface area (Å²) in [6.45, 7) is 0.244. The van der Waals surface area contributed by atoms with Gasteiger partial charge in [0.25, 0.3) is 0 Å². The second-order valence-electron chi connectivity index (χ2n) is 7.80. The molecule has 0 aliphatic carbocycles. The predicted molar refractivity (Wildman–Crippen MR) is 136 cm³/mol. The maximum Gasteiger partial charge on any atom is 0.243 e. The van der Waals surface area contributed by atoms with Crippen LogP contribution in [0.15, 0.2) is 94.5 Å². The minimum Gasteiger partial charge on any atom is -0.467 e.